The van der Waals surface area contributed by atoms with Crippen LogP contribution in [0, 0.1) is 9.39 Å². The van der Waals surface area contributed by atoms with Gasteiger partial charge in [0.2, 0.25) is 0 Å². The van der Waals surface area contributed by atoms with Crippen LogP contribution in [0.5, 0.6) is 0 Å². The van der Waals surface area contributed by atoms with Gasteiger partial charge in [-0.2, -0.15) is 13.2 Å². The molecule has 2 nitrogen and oxygen atoms in total. The van der Waals surface area contributed by atoms with E-state index in [0.29, 0.717) is 9.26 Å². The lowest BCUT2D eigenvalue weighted by Crippen LogP contribution is -2.10. The third-order valence-electron chi connectivity index (χ3n) is 2.55. The van der Waals surface area contributed by atoms with Gasteiger partial charge in [0.05, 0.1) is 16.9 Å². The lowest BCUT2D eigenvalue weighted by Gasteiger charge is -2.16. The molecular formula is C13H9F4IN2. The quantitative estimate of drug-likeness (QED) is 0.436. The molecule has 0 amide bonds. The smallest absolute Gasteiger partial charge is 0.399 e. The van der Waals surface area contributed by atoms with Gasteiger partial charge in [-0.25, -0.2) is 4.39 Å². The maximum atomic E-state index is 13.0. The van der Waals surface area contributed by atoms with Crippen LogP contribution in [0.1, 0.15) is 5.56 Å². The van der Waals surface area contributed by atoms with Crippen LogP contribution < -0.4 is 11.1 Å². The minimum atomic E-state index is -4.52. The molecule has 2 rings (SSSR count). The lowest BCUT2D eigenvalue weighted by molar-refractivity contribution is -0.136. The molecule has 0 spiro atoms. The molecule has 0 bridgehead atoms. The summed E-state index contributed by atoms with van der Waals surface area (Å²) in [5.74, 6) is -0.451. The fraction of sp³-hybridized carbons (Fsp3) is 0.0769. The van der Waals surface area contributed by atoms with Crippen molar-refractivity contribution in [1.29, 1.82) is 0 Å². The second-order valence-electron chi connectivity index (χ2n) is 4.05. The van der Waals surface area contributed by atoms with Crippen LogP contribution in [0.15, 0.2) is 36.4 Å². The van der Waals surface area contributed by atoms with Gasteiger partial charge in [0, 0.05) is 9.26 Å². The SMILES string of the molecule is Nc1ccc(Nc2ccc(F)cc2I)c(C(F)(F)F)c1. The maximum Gasteiger partial charge on any atom is 0.418 e. The van der Waals surface area contributed by atoms with Crippen molar-refractivity contribution in [3.63, 3.8) is 0 Å². The molecule has 0 saturated heterocycles. The van der Waals surface area contributed by atoms with Gasteiger partial charge in [-0.3, -0.25) is 0 Å². The Hall–Kier alpha value is -1.51. The topological polar surface area (TPSA) is 38.0 Å². The summed E-state index contributed by atoms with van der Waals surface area (Å²) in [6, 6.07) is 7.26. The first kappa shape index (κ1) is 14.9. The van der Waals surface area contributed by atoms with E-state index in [2.05, 4.69) is 5.32 Å². The molecule has 0 aliphatic rings. The van der Waals surface area contributed by atoms with E-state index in [1.165, 1.54) is 30.3 Å². The molecule has 0 unspecified atom stereocenters. The highest BCUT2D eigenvalue weighted by Crippen LogP contribution is 2.37. The molecule has 0 heterocycles. The summed E-state index contributed by atoms with van der Waals surface area (Å²) >= 11 is 1.84. The second-order valence-corrected chi connectivity index (χ2v) is 5.21. The molecule has 2 aromatic carbocycles. The fourth-order valence-corrected chi connectivity index (χ4v) is 2.25. The van der Waals surface area contributed by atoms with E-state index >= 15 is 0 Å². The molecule has 0 aliphatic carbocycles. The standard InChI is InChI=1S/C13H9F4IN2/c14-7-1-3-12(10(18)5-7)20-11-4-2-8(19)6-9(11)13(15,16)17/h1-6,20H,19H2. The summed E-state index contributed by atoms with van der Waals surface area (Å²) < 4.78 is 52.3. The molecule has 0 aromatic heterocycles. The number of hydrogen-bond donors (Lipinski definition) is 2. The lowest BCUT2D eigenvalue weighted by atomic mass is 10.1. The second kappa shape index (κ2) is 5.47. The van der Waals surface area contributed by atoms with Crippen molar-refractivity contribution in [3.8, 4) is 0 Å². The van der Waals surface area contributed by atoms with Crippen LogP contribution >= 0.6 is 22.6 Å². The van der Waals surface area contributed by atoms with Crippen LogP contribution in [-0.4, -0.2) is 0 Å². The Morgan fingerprint density at radius 1 is 1.00 bits per heavy atom. The number of halogens is 5. The van der Waals surface area contributed by atoms with E-state index in [9.17, 15) is 17.6 Å². The van der Waals surface area contributed by atoms with Crippen molar-refractivity contribution in [3.05, 3.63) is 51.3 Å². The van der Waals surface area contributed by atoms with E-state index in [1.807, 2.05) is 22.6 Å². The van der Waals surface area contributed by atoms with E-state index in [-0.39, 0.29) is 11.4 Å². The Kier molecular flexibility index (Phi) is 4.07. The van der Waals surface area contributed by atoms with E-state index < -0.39 is 17.6 Å². The summed E-state index contributed by atoms with van der Waals surface area (Å²) in [5.41, 5.74) is 4.81. The number of alkyl halides is 3. The normalized spacial score (nSPS) is 11.4. The van der Waals surface area contributed by atoms with Gasteiger partial charge >= 0.3 is 6.18 Å². The van der Waals surface area contributed by atoms with Crippen molar-refractivity contribution < 1.29 is 17.6 Å². The molecule has 0 aliphatic heterocycles. The third kappa shape index (κ3) is 3.33. The molecule has 0 radical (unpaired) electrons. The average Bonchev–Trinajstić information content (AvgIpc) is 2.33. The van der Waals surface area contributed by atoms with Crippen molar-refractivity contribution in [2.24, 2.45) is 0 Å². The van der Waals surface area contributed by atoms with Gasteiger partial charge in [0.25, 0.3) is 0 Å². The van der Waals surface area contributed by atoms with Gasteiger partial charge in [-0.15, -0.1) is 0 Å². The monoisotopic (exact) mass is 396 g/mol. The predicted molar refractivity (Wildman–Crippen MR) is 78.3 cm³/mol. The zero-order chi connectivity index (χ0) is 14.9. The van der Waals surface area contributed by atoms with Gasteiger partial charge < -0.3 is 11.1 Å². The first-order chi connectivity index (χ1) is 9.27. The number of nitrogen functional groups attached to an aromatic ring is 1. The number of nitrogens with two attached hydrogens (primary N) is 1. The Morgan fingerprint density at radius 2 is 1.65 bits per heavy atom. The number of anilines is 3. The summed E-state index contributed by atoms with van der Waals surface area (Å²) in [6.45, 7) is 0. The maximum absolute atomic E-state index is 13.0. The number of nitrogens with one attached hydrogen (secondary N) is 1. The van der Waals surface area contributed by atoms with Crippen LogP contribution in [-0.2, 0) is 6.18 Å². The Balaban J connectivity index is 2.43. The molecule has 20 heavy (non-hydrogen) atoms. The molecular weight excluding hydrogens is 387 g/mol. The summed E-state index contributed by atoms with van der Waals surface area (Å²) in [4.78, 5) is 0. The van der Waals surface area contributed by atoms with Crippen LogP contribution in [0.2, 0.25) is 0 Å². The molecule has 0 saturated carbocycles. The molecule has 0 fully saturated rings. The highest BCUT2D eigenvalue weighted by Gasteiger charge is 2.33. The van der Waals surface area contributed by atoms with Gasteiger partial charge in [0.1, 0.15) is 5.82 Å². The zero-order valence-corrected chi connectivity index (χ0v) is 12.1. The third-order valence-corrected chi connectivity index (χ3v) is 3.44. The van der Waals surface area contributed by atoms with Crippen LogP contribution in [0.4, 0.5) is 34.6 Å². The Bertz CT molecular complexity index is 641. The van der Waals surface area contributed by atoms with E-state index in [1.54, 1.807) is 0 Å². The first-order valence-corrected chi connectivity index (χ1v) is 6.54. The highest BCUT2D eigenvalue weighted by atomic mass is 127. The van der Waals surface area contributed by atoms with Crippen LogP contribution in [0.3, 0.4) is 0 Å². The summed E-state index contributed by atoms with van der Waals surface area (Å²) in [5, 5.41) is 2.65. The van der Waals surface area contributed by atoms with E-state index in [0.717, 1.165) is 6.07 Å². The number of rotatable bonds is 2. The predicted octanol–water partition coefficient (Wildman–Crippen LogP) is 4.77. The molecule has 3 N–H and O–H groups in total. The Morgan fingerprint density at radius 3 is 2.25 bits per heavy atom. The first-order valence-electron chi connectivity index (χ1n) is 5.46. The van der Waals surface area contributed by atoms with E-state index in [4.69, 9.17) is 5.73 Å². The number of hydrogen-bond acceptors (Lipinski definition) is 2. The van der Waals surface area contributed by atoms with Gasteiger partial charge in [-0.05, 0) is 59.0 Å². The summed E-state index contributed by atoms with van der Waals surface area (Å²) in [7, 11) is 0. The van der Waals surface area contributed by atoms with Crippen molar-refractivity contribution in [2.75, 3.05) is 11.1 Å². The van der Waals surface area contributed by atoms with Gasteiger partial charge in [-0.1, -0.05) is 0 Å². The van der Waals surface area contributed by atoms with Crippen molar-refractivity contribution in [2.45, 2.75) is 6.18 Å². The van der Waals surface area contributed by atoms with Crippen LogP contribution in [0.25, 0.3) is 0 Å². The van der Waals surface area contributed by atoms with Crippen molar-refractivity contribution in [1.82, 2.24) is 0 Å². The minimum absolute atomic E-state index is 0.0247. The van der Waals surface area contributed by atoms with Gasteiger partial charge in [0.15, 0.2) is 0 Å². The molecule has 2 aromatic rings. The fourth-order valence-electron chi connectivity index (χ4n) is 1.64. The largest absolute Gasteiger partial charge is 0.418 e. The zero-order valence-electron chi connectivity index (χ0n) is 9.93. The molecule has 7 heteroatoms. The van der Waals surface area contributed by atoms with Crippen molar-refractivity contribution >= 4 is 39.7 Å². The Labute approximate surface area is 126 Å². The highest BCUT2D eigenvalue weighted by molar-refractivity contribution is 14.1. The molecule has 106 valence electrons. The average molecular weight is 396 g/mol. The minimum Gasteiger partial charge on any atom is -0.399 e. The molecule has 0 atom stereocenters. The number of benzene rings is 2. The summed E-state index contributed by atoms with van der Waals surface area (Å²) in [6.07, 6.45) is -4.52.